The lowest BCUT2D eigenvalue weighted by Crippen LogP contribution is -2.42. The number of methoxy groups -OCH3 is 1. The van der Waals surface area contributed by atoms with E-state index in [9.17, 15) is 19.7 Å². The Morgan fingerprint density at radius 1 is 1.33 bits per heavy atom. The maximum atomic E-state index is 11.8. The van der Waals surface area contributed by atoms with Crippen molar-refractivity contribution in [3.05, 3.63) is 58.0 Å². The van der Waals surface area contributed by atoms with Gasteiger partial charge < -0.3 is 24.9 Å². The molecule has 10 heteroatoms. The number of carbonyl (C=O) groups excluding carboxylic acids is 2. The van der Waals surface area contributed by atoms with Crippen molar-refractivity contribution < 1.29 is 24.0 Å². The molecular weight excluding hydrogens is 356 g/mol. The van der Waals surface area contributed by atoms with E-state index in [0.717, 1.165) is 5.56 Å². The summed E-state index contributed by atoms with van der Waals surface area (Å²) < 4.78 is 11.4. The number of carbonyl (C=O) groups is 2. The summed E-state index contributed by atoms with van der Waals surface area (Å²) in [6.45, 7) is 1.43. The van der Waals surface area contributed by atoms with Gasteiger partial charge in [-0.25, -0.2) is 9.78 Å². The summed E-state index contributed by atoms with van der Waals surface area (Å²) in [7, 11) is 1.17. The molecule has 27 heavy (non-hydrogen) atoms. The number of nitrogens with one attached hydrogen (secondary N) is 1. The Kier molecular flexibility index (Phi) is 7.00. The van der Waals surface area contributed by atoms with Crippen molar-refractivity contribution in [1.82, 2.24) is 14.9 Å². The lowest BCUT2D eigenvalue weighted by molar-refractivity contribution is -0.393. The van der Waals surface area contributed by atoms with Crippen molar-refractivity contribution in [2.24, 2.45) is 0 Å². The Bertz CT molecular complexity index is 805. The number of rotatable bonds is 9. The van der Waals surface area contributed by atoms with E-state index in [2.05, 4.69) is 15.0 Å². The molecule has 0 aliphatic heterocycles. The molecule has 1 amide bonds. The second-order valence-electron chi connectivity index (χ2n) is 5.69. The molecule has 0 saturated carbocycles. The van der Waals surface area contributed by atoms with Gasteiger partial charge in [0.15, 0.2) is 13.1 Å². The van der Waals surface area contributed by atoms with Crippen LogP contribution in [0.4, 0.5) is 5.82 Å². The van der Waals surface area contributed by atoms with Crippen molar-refractivity contribution in [3.63, 3.8) is 0 Å². The molecule has 10 nitrogen and oxygen atoms in total. The number of benzene rings is 1. The van der Waals surface area contributed by atoms with Gasteiger partial charge in [-0.15, -0.1) is 0 Å². The van der Waals surface area contributed by atoms with Crippen LogP contribution in [-0.4, -0.2) is 39.5 Å². The molecule has 2 rings (SSSR count). The third-order valence-electron chi connectivity index (χ3n) is 3.66. The maximum absolute atomic E-state index is 11.8. The summed E-state index contributed by atoms with van der Waals surface area (Å²) in [5.41, 5.74) is 0.976. The van der Waals surface area contributed by atoms with E-state index >= 15 is 0 Å². The van der Waals surface area contributed by atoms with Crippen molar-refractivity contribution in [3.8, 4) is 0 Å². The lowest BCUT2D eigenvalue weighted by Gasteiger charge is -2.14. The Hall–Kier alpha value is -3.27. The molecule has 0 fully saturated rings. The van der Waals surface area contributed by atoms with Crippen LogP contribution in [0.1, 0.15) is 18.2 Å². The minimum Gasteiger partial charge on any atom is -0.467 e. The van der Waals surface area contributed by atoms with Crippen LogP contribution in [0.5, 0.6) is 0 Å². The summed E-state index contributed by atoms with van der Waals surface area (Å²) in [5, 5.41) is 13.9. The van der Waals surface area contributed by atoms with Crippen LogP contribution in [-0.2, 0) is 38.8 Å². The van der Waals surface area contributed by atoms with E-state index in [1.807, 2.05) is 30.3 Å². The SMILES string of the molecule is COC(=O)C(Cc1ncn(COCc2ccccc2)c1[N+](=O)[O-])NC(C)=O. The van der Waals surface area contributed by atoms with Gasteiger partial charge in [0.1, 0.15) is 11.7 Å². The van der Waals surface area contributed by atoms with Gasteiger partial charge in [-0.05, 0) is 10.5 Å². The molecule has 1 heterocycles. The monoisotopic (exact) mass is 376 g/mol. The molecule has 0 aliphatic carbocycles. The fourth-order valence-corrected chi connectivity index (χ4v) is 2.48. The zero-order chi connectivity index (χ0) is 19.8. The van der Waals surface area contributed by atoms with Crippen molar-refractivity contribution in [2.75, 3.05) is 7.11 Å². The second-order valence-corrected chi connectivity index (χ2v) is 5.69. The number of esters is 1. The molecular formula is C17H20N4O6. The molecule has 1 atom stereocenters. The van der Waals surface area contributed by atoms with E-state index < -0.39 is 22.8 Å². The van der Waals surface area contributed by atoms with Crippen LogP contribution >= 0.6 is 0 Å². The number of hydrogen-bond acceptors (Lipinski definition) is 7. The molecule has 1 unspecified atom stereocenters. The number of nitro groups is 1. The van der Waals surface area contributed by atoms with Gasteiger partial charge in [0.05, 0.1) is 13.7 Å². The van der Waals surface area contributed by atoms with Crippen LogP contribution in [0, 0.1) is 10.1 Å². The predicted molar refractivity (Wildman–Crippen MR) is 93.4 cm³/mol. The predicted octanol–water partition coefficient (Wildman–Crippen LogP) is 1.19. The smallest absolute Gasteiger partial charge is 0.347 e. The van der Waals surface area contributed by atoms with Crippen LogP contribution < -0.4 is 5.32 Å². The molecule has 0 spiro atoms. The number of hydrogen-bond donors (Lipinski definition) is 1. The van der Waals surface area contributed by atoms with Gasteiger partial charge in [0.25, 0.3) is 0 Å². The fourth-order valence-electron chi connectivity index (χ4n) is 2.48. The molecule has 1 aromatic carbocycles. The molecule has 2 aromatic rings. The number of aromatic nitrogens is 2. The first kappa shape index (κ1) is 20.0. The third-order valence-corrected chi connectivity index (χ3v) is 3.66. The van der Waals surface area contributed by atoms with Gasteiger partial charge in [0.2, 0.25) is 5.91 Å². The number of imidazole rings is 1. The van der Waals surface area contributed by atoms with Crippen LogP contribution in [0.3, 0.4) is 0 Å². The van der Waals surface area contributed by atoms with E-state index in [4.69, 9.17) is 4.74 Å². The normalized spacial score (nSPS) is 11.6. The van der Waals surface area contributed by atoms with Crippen molar-refractivity contribution in [2.45, 2.75) is 32.7 Å². The largest absolute Gasteiger partial charge is 0.467 e. The van der Waals surface area contributed by atoms with Gasteiger partial charge in [-0.3, -0.25) is 4.79 Å². The highest BCUT2D eigenvalue weighted by atomic mass is 16.6. The highest BCUT2D eigenvalue weighted by Crippen LogP contribution is 2.20. The summed E-state index contributed by atoms with van der Waals surface area (Å²) in [4.78, 5) is 37.9. The molecule has 0 radical (unpaired) electrons. The first-order valence-corrected chi connectivity index (χ1v) is 8.07. The second kappa shape index (κ2) is 9.43. The first-order chi connectivity index (χ1) is 12.9. The molecule has 1 aromatic heterocycles. The molecule has 0 saturated heterocycles. The van der Waals surface area contributed by atoms with E-state index in [0.29, 0.717) is 0 Å². The van der Waals surface area contributed by atoms with E-state index in [1.54, 1.807) is 0 Å². The molecule has 1 N–H and O–H groups in total. The highest BCUT2D eigenvalue weighted by molar-refractivity contribution is 5.83. The van der Waals surface area contributed by atoms with Crippen LogP contribution in [0.25, 0.3) is 0 Å². The quantitative estimate of drug-likeness (QED) is 0.396. The summed E-state index contributed by atoms with van der Waals surface area (Å²) >= 11 is 0. The summed E-state index contributed by atoms with van der Waals surface area (Å²) in [6, 6.07) is 8.30. The van der Waals surface area contributed by atoms with Gasteiger partial charge in [-0.2, -0.15) is 4.57 Å². The highest BCUT2D eigenvalue weighted by Gasteiger charge is 2.28. The van der Waals surface area contributed by atoms with E-state index in [1.165, 1.54) is 24.9 Å². The van der Waals surface area contributed by atoms with Gasteiger partial charge in [0, 0.05) is 13.3 Å². The first-order valence-electron chi connectivity index (χ1n) is 8.07. The van der Waals surface area contributed by atoms with Crippen LogP contribution in [0.2, 0.25) is 0 Å². The average Bonchev–Trinajstić information content (AvgIpc) is 3.03. The number of amides is 1. The zero-order valence-corrected chi connectivity index (χ0v) is 15.0. The molecule has 144 valence electrons. The Morgan fingerprint density at radius 3 is 2.63 bits per heavy atom. The van der Waals surface area contributed by atoms with Gasteiger partial charge >= 0.3 is 11.8 Å². The number of ether oxygens (including phenoxy) is 2. The maximum Gasteiger partial charge on any atom is 0.347 e. The van der Waals surface area contributed by atoms with Gasteiger partial charge in [-0.1, -0.05) is 30.3 Å². The summed E-state index contributed by atoms with van der Waals surface area (Å²) in [5.74, 6) is -1.48. The Labute approximate surface area is 155 Å². The van der Waals surface area contributed by atoms with Crippen molar-refractivity contribution in [1.29, 1.82) is 0 Å². The van der Waals surface area contributed by atoms with Crippen molar-refractivity contribution >= 4 is 17.7 Å². The minimum absolute atomic E-state index is 0.0486. The zero-order valence-electron chi connectivity index (χ0n) is 15.0. The standard InChI is InChI=1S/C17H20N4O6/c1-12(22)19-15(17(23)26-2)8-14-16(21(24)25)20(10-18-14)11-27-9-13-6-4-3-5-7-13/h3-7,10,15H,8-9,11H2,1-2H3,(H,19,22). The fraction of sp³-hybridized carbons (Fsp3) is 0.353. The molecule has 0 aliphatic rings. The number of nitrogens with zero attached hydrogens (tertiary/aromatic N) is 3. The Balaban J connectivity index is 2.12. The lowest BCUT2D eigenvalue weighted by atomic mass is 10.1. The minimum atomic E-state index is -1.07. The Morgan fingerprint density at radius 2 is 2.04 bits per heavy atom. The third kappa shape index (κ3) is 5.61. The average molecular weight is 376 g/mol. The summed E-state index contributed by atoms with van der Waals surface area (Å²) in [6.07, 6.45) is 1.09. The van der Waals surface area contributed by atoms with Crippen LogP contribution in [0.15, 0.2) is 36.7 Å². The topological polar surface area (TPSA) is 126 Å². The molecule has 0 bridgehead atoms. The van der Waals surface area contributed by atoms with E-state index in [-0.39, 0.29) is 31.3 Å².